The zero-order chi connectivity index (χ0) is 11.4. The van der Waals surface area contributed by atoms with Gasteiger partial charge in [-0.05, 0) is 0 Å². The molecule has 1 aromatic rings. The number of anilines is 1. The second-order valence-corrected chi connectivity index (χ2v) is 2.62. The number of amides is 1. The fourth-order valence-electron chi connectivity index (χ4n) is 0.820. The van der Waals surface area contributed by atoms with Crippen LogP contribution in [0.15, 0.2) is 6.07 Å². The highest BCUT2D eigenvalue weighted by molar-refractivity contribution is 5.80. The lowest BCUT2D eigenvalue weighted by molar-refractivity contribution is -0.118. The Bertz CT molecular complexity index is 384. The third-order valence-corrected chi connectivity index (χ3v) is 1.58. The van der Waals surface area contributed by atoms with Crippen molar-refractivity contribution >= 4 is 11.7 Å². The number of aromatic nitrogens is 1. The molecule has 1 aromatic heterocycles. The van der Waals surface area contributed by atoms with Crippen LogP contribution in [-0.2, 0) is 4.79 Å². The van der Waals surface area contributed by atoms with Crippen LogP contribution in [0, 0.1) is 17.6 Å². The highest BCUT2D eigenvalue weighted by Crippen LogP contribution is 2.13. The summed E-state index contributed by atoms with van der Waals surface area (Å²) in [7, 11) is 1.39. The minimum absolute atomic E-state index is 0.272. The first-order valence-corrected chi connectivity index (χ1v) is 4.00. The summed E-state index contributed by atoms with van der Waals surface area (Å²) in [5.74, 6) is -4.79. The molecule has 2 N–H and O–H groups in total. The lowest BCUT2D eigenvalue weighted by Gasteiger charge is -2.05. The van der Waals surface area contributed by atoms with E-state index < -0.39 is 29.3 Å². The van der Waals surface area contributed by atoms with Crippen molar-refractivity contribution in [2.45, 2.75) is 0 Å². The molecule has 4 nitrogen and oxygen atoms in total. The van der Waals surface area contributed by atoms with Gasteiger partial charge < -0.3 is 10.6 Å². The number of nitrogens with one attached hydrogen (secondary N) is 2. The van der Waals surface area contributed by atoms with Gasteiger partial charge in [0.15, 0.2) is 17.5 Å². The molecule has 15 heavy (non-hydrogen) atoms. The van der Waals surface area contributed by atoms with E-state index in [1.165, 1.54) is 7.05 Å². The van der Waals surface area contributed by atoms with E-state index in [-0.39, 0.29) is 6.54 Å². The standard InChI is InChI=1S/C8H8F3N3O/c1-12-6(15)3-13-8-5(10)2-4(9)7(11)14-8/h2H,3H2,1H3,(H,12,15)(H,13,14). The highest BCUT2D eigenvalue weighted by atomic mass is 19.2. The molecule has 82 valence electrons. The SMILES string of the molecule is CNC(=O)CNc1nc(F)c(F)cc1F. The summed E-state index contributed by atoms with van der Waals surface area (Å²) in [4.78, 5) is 13.7. The first kappa shape index (κ1) is 11.3. The zero-order valence-electron chi connectivity index (χ0n) is 7.77. The normalized spacial score (nSPS) is 9.87. The number of hydrogen-bond donors (Lipinski definition) is 2. The Morgan fingerprint density at radius 3 is 2.67 bits per heavy atom. The highest BCUT2D eigenvalue weighted by Gasteiger charge is 2.11. The van der Waals surface area contributed by atoms with E-state index in [1.807, 2.05) is 0 Å². The van der Waals surface area contributed by atoms with Crippen molar-refractivity contribution in [3.8, 4) is 0 Å². The molecule has 1 amide bonds. The Kier molecular flexibility index (Phi) is 3.48. The second-order valence-electron chi connectivity index (χ2n) is 2.62. The van der Waals surface area contributed by atoms with Crippen LogP contribution in [0.2, 0.25) is 0 Å². The summed E-state index contributed by atoms with van der Waals surface area (Å²) in [6, 6.07) is 0.356. The van der Waals surface area contributed by atoms with E-state index in [1.54, 1.807) is 0 Å². The quantitative estimate of drug-likeness (QED) is 0.734. The van der Waals surface area contributed by atoms with Crippen molar-refractivity contribution in [3.05, 3.63) is 23.6 Å². The van der Waals surface area contributed by atoms with Crippen LogP contribution in [0.1, 0.15) is 0 Å². The number of hydrogen-bond acceptors (Lipinski definition) is 3. The van der Waals surface area contributed by atoms with Gasteiger partial charge in [-0.2, -0.15) is 9.37 Å². The van der Waals surface area contributed by atoms with E-state index in [4.69, 9.17) is 0 Å². The van der Waals surface area contributed by atoms with Gasteiger partial charge in [-0.25, -0.2) is 8.78 Å². The molecule has 0 saturated heterocycles. The molecule has 0 aliphatic carbocycles. The number of likely N-dealkylation sites (N-methyl/N-ethyl adjacent to an activating group) is 1. The van der Waals surface area contributed by atoms with Crippen molar-refractivity contribution in [1.29, 1.82) is 0 Å². The summed E-state index contributed by atoms with van der Waals surface area (Å²) in [5.41, 5.74) is 0. The van der Waals surface area contributed by atoms with E-state index in [2.05, 4.69) is 15.6 Å². The number of carbonyl (C=O) groups is 1. The molecule has 0 saturated carbocycles. The minimum atomic E-state index is -1.42. The molecule has 0 radical (unpaired) electrons. The molecule has 7 heteroatoms. The number of nitrogens with zero attached hydrogens (tertiary/aromatic N) is 1. The smallest absolute Gasteiger partial charge is 0.251 e. The molecule has 1 heterocycles. The van der Waals surface area contributed by atoms with Crippen molar-refractivity contribution < 1.29 is 18.0 Å². The third-order valence-electron chi connectivity index (χ3n) is 1.58. The van der Waals surface area contributed by atoms with E-state index in [0.717, 1.165) is 0 Å². The van der Waals surface area contributed by atoms with Gasteiger partial charge in [0.25, 0.3) is 5.95 Å². The summed E-state index contributed by atoms with van der Waals surface area (Å²) in [5, 5.41) is 4.49. The molecule has 0 spiro atoms. The molecular weight excluding hydrogens is 211 g/mol. The molecule has 0 aliphatic rings. The van der Waals surface area contributed by atoms with Crippen molar-refractivity contribution in [2.24, 2.45) is 0 Å². The summed E-state index contributed by atoms with van der Waals surface area (Å²) in [6.07, 6.45) is 0. The van der Waals surface area contributed by atoms with E-state index in [0.29, 0.717) is 6.07 Å². The molecule has 0 atom stereocenters. The first-order valence-electron chi connectivity index (χ1n) is 4.00. The largest absolute Gasteiger partial charge is 0.358 e. The zero-order valence-corrected chi connectivity index (χ0v) is 7.77. The van der Waals surface area contributed by atoms with E-state index in [9.17, 15) is 18.0 Å². The molecular formula is C8H8F3N3O. The van der Waals surface area contributed by atoms with Gasteiger partial charge in [0, 0.05) is 13.1 Å². The summed E-state index contributed by atoms with van der Waals surface area (Å²) >= 11 is 0. The average molecular weight is 219 g/mol. The maximum atomic E-state index is 12.9. The van der Waals surface area contributed by atoms with Crippen molar-refractivity contribution in [2.75, 3.05) is 18.9 Å². The monoisotopic (exact) mass is 219 g/mol. The average Bonchev–Trinajstić information content (AvgIpc) is 2.21. The molecule has 0 fully saturated rings. The molecule has 0 unspecified atom stereocenters. The molecule has 0 bridgehead atoms. The lowest BCUT2D eigenvalue weighted by Crippen LogP contribution is -2.26. The van der Waals surface area contributed by atoms with Gasteiger partial charge >= 0.3 is 0 Å². The molecule has 1 rings (SSSR count). The Morgan fingerprint density at radius 1 is 1.40 bits per heavy atom. The Hall–Kier alpha value is -1.79. The second kappa shape index (κ2) is 4.63. The number of carbonyl (C=O) groups excluding carboxylic acids is 1. The summed E-state index contributed by atoms with van der Waals surface area (Å²) in [6.45, 7) is -0.272. The van der Waals surface area contributed by atoms with Crippen LogP contribution in [0.25, 0.3) is 0 Å². The molecule has 0 aromatic carbocycles. The fourth-order valence-corrected chi connectivity index (χ4v) is 0.820. The van der Waals surface area contributed by atoms with Crippen LogP contribution in [0.3, 0.4) is 0 Å². The van der Waals surface area contributed by atoms with Gasteiger partial charge in [0.2, 0.25) is 5.91 Å². The van der Waals surface area contributed by atoms with Gasteiger partial charge in [-0.15, -0.1) is 0 Å². The van der Waals surface area contributed by atoms with Crippen molar-refractivity contribution in [3.63, 3.8) is 0 Å². The predicted octanol–water partition coefficient (Wildman–Crippen LogP) is 0.657. The minimum Gasteiger partial charge on any atom is -0.358 e. The van der Waals surface area contributed by atoms with Gasteiger partial charge in [0.1, 0.15) is 0 Å². The first-order chi connectivity index (χ1) is 7.04. The molecule has 0 aliphatic heterocycles. The maximum Gasteiger partial charge on any atom is 0.251 e. The van der Waals surface area contributed by atoms with Crippen molar-refractivity contribution in [1.82, 2.24) is 10.3 Å². The predicted molar refractivity (Wildman–Crippen MR) is 46.7 cm³/mol. The van der Waals surface area contributed by atoms with Gasteiger partial charge in [-0.3, -0.25) is 4.79 Å². The number of halogens is 3. The summed E-state index contributed by atoms with van der Waals surface area (Å²) < 4.78 is 37.9. The fraction of sp³-hybridized carbons (Fsp3) is 0.250. The van der Waals surface area contributed by atoms with Crippen LogP contribution < -0.4 is 10.6 Å². The Balaban J connectivity index is 2.77. The van der Waals surface area contributed by atoms with Crippen LogP contribution in [0.4, 0.5) is 19.0 Å². The lowest BCUT2D eigenvalue weighted by atomic mass is 10.4. The Morgan fingerprint density at radius 2 is 2.07 bits per heavy atom. The van der Waals surface area contributed by atoms with Crippen LogP contribution in [-0.4, -0.2) is 24.5 Å². The number of rotatable bonds is 3. The van der Waals surface area contributed by atoms with Crippen LogP contribution >= 0.6 is 0 Å². The van der Waals surface area contributed by atoms with Gasteiger partial charge in [-0.1, -0.05) is 0 Å². The van der Waals surface area contributed by atoms with E-state index >= 15 is 0 Å². The Labute approximate surface area is 83.5 Å². The topological polar surface area (TPSA) is 54.0 Å². The number of pyridine rings is 1. The van der Waals surface area contributed by atoms with Crippen LogP contribution in [0.5, 0.6) is 0 Å². The van der Waals surface area contributed by atoms with Gasteiger partial charge in [0.05, 0.1) is 6.54 Å². The maximum absolute atomic E-state index is 12.9. The third kappa shape index (κ3) is 2.83.